The number of para-hydroxylation sites is 1. The molecule has 0 aliphatic carbocycles. The van der Waals surface area contributed by atoms with E-state index >= 15 is 0 Å². The lowest BCUT2D eigenvalue weighted by Gasteiger charge is -2.13. The van der Waals surface area contributed by atoms with Crippen molar-refractivity contribution in [3.8, 4) is 5.75 Å². The Balaban J connectivity index is 1.70. The van der Waals surface area contributed by atoms with E-state index in [1.165, 1.54) is 12.1 Å². The van der Waals surface area contributed by atoms with Gasteiger partial charge in [0.1, 0.15) is 5.75 Å². The molecule has 30 heavy (non-hydrogen) atoms. The Labute approximate surface area is 177 Å². The first-order chi connectivity index (χ1) is 14.4. The van der Waals surface area contributed by atoms with Gasteiger partial charge in [0.15, 0.2) is 0 Å². The lowest BCUT2D eigenvalue weighted by Crippen LogP contribution is -2.23. The van der Waals surface area contributed by atoms with Gasteiger partial charge in [-0.15, -0.1) is 0 Å². The van der Waals surface area contributed by atoms with E-state index in [4.69, 9.17) is 4.74 Å². The van der Waals surface area contributed by atoms with Gasteiger partial charge in [0, 0.05) is 17.7 Å². The third-order valence-electron chi connectivity index (χ3n) is 4.50. The van der Waals surface area contributed by atoms with Crippen molar-refractivity contribution in [1.82, 2.24) is 5.32 Å². The molecule has 3 aromatic rings. The van der Waals surface area contributed by atoms with Crippen molar-refractivity contribution in [1.29, 1.82) is 0 Å². The summed E-state index contributed by atoms with van der Waals surface area (Å²) in [6.07, 6.45) is 0. The number of nitrogens with one attached hydrogen (secondary N) is 2. The van der Waals surface area contributed by atoms with Gasteiger partial charge >= 0.3 is 0 Å². The second-order valence-electron chi connectivity index (χ2n) is 6.67. The average molecular weight is 425 g/mol. The molecule has 0 saturated heterocycles. The van der Waals surface area contributed by atoms with Crippen LogP contribution in [-0.2, 0) is 16.6 Å². The maximum Gasteiger partial charge on any atom is 0.261 e. The molecule has 0 aromatic heterocycles. The van der Waals surface area contributed by atoms with E-state index in [0.29, 0.717) is 30.0 Å². The van der Waals surface area contributed by atoms with Crippen LogP contribution in [0.2, 0.25) is 0 Å². The molecule has 0 unspecified atom stereocenters. The molecule has 1 amide bonds. The van der Waals surface area contributed by atoms with Gasteiger partial charge in [-0.1, -0.05) is 36.4 Å². The normalized spacial score (nSPS) is 11.0. The summed E-state index contributed by atoms with van der Waals surface area (Å²) in [7, 11) is -3.69. The summed E-state index contributed by atoms with van der Waals surface area (Å²) in [6, 6.07) is 20.5. The van der Waals surface area contributed by atoms with Gasteiger partial charge in [-0.25, -0.2) is 8.42 Å². The summed E-state index contributed by atoms with van der Waals surface area (Å²) in [5, 5.41) is 2.88. The molecule has 0 atom stereocenters. The van der Waals surface area contributed by atoms with Crippen LogP contribution in [-0.4, -0.2) is 20.9 Å². The first-order valence-corrected chi connectivity index (χ1v) is 11.1. The van der Waals surface area contributed by atoms with Gasteiger partial charge < -0.3 is 10.1 Å². The maximum absolute atomic E-state index is 12.6. The summed E-state index contributed by atoms with van der Waals surface area (Å²) in [4.78, 5) is 12.7. The predicted molar refractivity (Wildman–Crippen MR) is 117 cm³/mol. The number of sulfonamides is 1. The second kappa shape index (κ2) is 9.45. The fraction of sp³-hybridized carbons (Fsp3) is 0.174. The highest BCUT2D eigenvalue weighted by Crippen LogP contribution is 2.22. The highest BCUT2D eigenvalue weighted by molar-refractivity contribution is 7.92. The molecule has 3 aromatic carbocycles. The molecule has 0 aliphatic heterocycles. The standard InChI is InChI=1S/C23H24N2O4S/c1-3-29-22-12-8-7-9-19(22)16-24-23(26)18-13-14-21(17(2)15-18)25-30(27,28)20-10-5-4-6-11-20/h4-15,25H,3,16H2,1-2H3,(H,24,26). The van der Waals surface area contributed by atoms with Crippen molar-refractivity contribution in [3.05, 3.63) is 89.5 Å². The Hall–Kier alpha value is -3.32. The molecule has 3 rings (SSSR count). The molecule has 156 valence electrons. The molecule has 0 radical (unpaired) electrons. The average Bonchev–Trinajstić information content (AvgIpc) is 2.75. The van der Waals surface area contributed by atoms with E-state index in [-0.39, 0.29) is 10.8 Å². The Morgan fingerprint density at radius 2 is 1.67 bits per heavy atom. The van der Waals surface area contributed by atoms with Crippen LogP contribution in [0.4, 0.5) is 5.69 Å². The monoisotopic (exact) mass is 424 g/mol. The predicted octanol–water partition coefficient (Wildman–Crippen LogP) is 4.12. The molecular weight excluding hydrogens is 400 g/mol. The largest absolute Gasteiger partial charge is 0.494 e. The number of amides is 1. The number of anilines is 1. The zero-order chi connectivity index (χ0) is 21.6. The van der Waals surface area contributed by atoms with E-state index in [1.54, 1.807) is 43.3 Å². The minimum Gasteiger partial charge on any atom is -0.494 e. The zero-order valence-electron chi connectivity index (χ0n) is 16.9. The van der Waals surface area contributed by atoms with Crippen LogP contribution in [0, 0.1) is 6.92 Å². The van der Waals surface area contributed by atoms with Crippen molar-refractivity contribution in [3.63, 3.8) is 0 Å². The van der Waals surface area contributed by atoms with Crippen LogP contribution in [0.15, 0.2) is 77.7 Å². The van der Waals surface area contributed by atoms with Crippen LogP contribution >= 0.6 is 0 Å². The molecule has 0 aliphatic rings. The summed E-state index contributed by atoms with van der Waals surface area (Å²) >= 11 is 0. The van der Waals surface area contributed by atoms with Crippen molar-refractivity contribution in [2.75, 3.05) is 11.3 Å². The Morgan fingerprint density at radius 1 is 0.967 bits per heavy atom. The highest BCUT2D eigenvalue weighted by atomic mass is 32.2. The Bertz CT molecular complexity index is 1130. The van der Waals surface area contributed by atoms with E-state index < -0.39 is 10.0 Å². The topological polar surface area (TPSA) is 84.5 Å². The highest BCUT2D eigenvalue weighted by Gasteiger charge is 2.16. The quantitative estimate of drug-likeness (QED) is 0.570. The summed E-state index contributed by atoms with van der Waals surface area (Å²) < 4.78 is 33.2. The minimum atomic E-state index is -3.69. The molecule has 6 nitrogen and oxygen atoms in total. The first kappa shape index (κ1) is 21.4. The van der Waals surface area contributed by atoms with E-state index in [0.717, 1.165) is 11.3 Å². The zero-order valence-corrected chi connectivity index (χ0v) is 17.7. The smallest absolute Gasteiger partial charge is 0.261 e. The molecule has 0 spiro atoms. The van der Waals surface area contributed by atoms with Crippen molar-refractivity contribution < 1.29 is 17.9 Å². The maximum atomic E-state index is 12.6. The number of aryl methyl sites for hydroxylation is 1. The summed E-state index contributed by atoms with van der Waals surface area (Å²) in [5.41, 5.74) is 2.41. The van der Waals surface area contributed by atoms with E-state index in [2.05, 4.69) is 10.0 Å². The fourth-order valence-electron chi connectivity index (χ4n) is 2.95. The van der Waals surface area contributed by atoms with Gasteiger partial charge in [0.05, 0.1) is 17.2 Å². The molecule has 7 heteroatoms. The molecule has 0 fully saturated rings. The van der Waals surface area contributed by atoms with Crippen molar-refractivity contribution in [2.45, 2.75) is 25.3 Å². The number of carbonyl (C=O) groups is 1. The number of rotatable bonds is 8. The SMILES string of the molecule is CCOc1ccccc1CNC(=O)c1ccc(NS(=O)(=O)c2ccccc2)c(C)c1. The molecular formula is C23H24N2O4S. The van der Waals surface area contributed by atoms with E-state index in [1.807, 2.05) is 31.2 Å². The van der Waals surface area contributed by atoms with Gasteiger partial charge in [-0.05, 0) is 55.8 Å². The van der Waals surface area contributed by atoms with Gasteiger partial charge in [0.2, 0.25) is 0 Å². The molecule has 2 N–H and O–H groups in total. The van der Waals surface area contributed by atoms with Crippen LogP contribution in [0.25, 0.3) is 0 Å². The lowest BCUT2D eigenvalue weighted by molar-refractivity contribution is 0.0950. The van der Waals surface area contributed by atoms with Crippen molar-refractivity contribution >= 4 is 21.6 Å². The van der Waals surface area contributed by atoms with Crippen LogP contribution in [0.3, 0.4) is 0 Å². The third kappa shape index (κ3) is 5.18. The van der Waals surface area contributed by atoms with Crippen LogP contribution < -0.4 is 14.8 Å². The van der Waals surface area contributed by atoms with Gasteiger partial charge in [-0.2, -0.15) is 0 Å². The number of benzene rings is 3. The van der Waals surface area contributed by atoms with E-state index in [9.17, 15) is 13.2 Å². The molecule has 0 bridgehead atoms. The van der Waals surface area contributed by atoms with Crippen LogP contribution in [0.5, 0.6) is 5.75 Å². The Morgan fingerprint density at radius 3 is 2.37 bits per heavy atom. The number of hydrogen-bond donors (Lipinski definition) is 2. The lowest BCUT2D eigenvalue weighted by atomic mass is 10.1. The minimum absolute atomic E-state index is 0.180. The molecule has 0 heterocycles. The van der Waals surface area contributed by atoms with Crippen molar-refractivity contribution in [2.24, 2.45) is 0 Å². The summed E-state index contributed by atoms with van der Waals surface area (Å²) in [6.45, 7) is 4.54. The number of ether oxygens (including phenoxy) is 1. The van der Waals surface area contributed by atoms with Crippen LogP contribution in [0.1, 0.15) is 28.4 Å². The second-order valence-corrected chi connectivity index (χ2v) is 8.35. The number of hydrogen-bond acceptors (Lipinski definition) is 4. The number of carbonyl (C=O) groups excluding carboxylic acids is 1. The first-order valence-electron chi connectivity index (χ1n) is 9.58. The van der Waals surface area contributed by atoms with Gasteiger partial charge in [-0.3, -0.25) is 9.52 Å². The third-order valence-corrected chi connectivity index (χ3v) is 5.88. The van der Waals surface area contributed by atoms with Gasteiger partial charge in [0.25, 0.3) is 15.9 Å². The Kier molecular flexibility index (Phi) is 6.74. The molecule has 0 saturated carbocycles. The fourth-order valence-corrected chi connectivity index (χ4v) is 4.10. The summed E-state index contributed by atoms with van der Waals surface area (Å²) in [5.74, 6) is 0.490.